The number of aromatic carboxylic acids is 1. The van der Waals surface area contributed by atoms with Gasteiger partial charge in [-0.15, -0.1) is 5.10 Å². The first kappa shape index (κ1) is 16.0. The highest BCUT2D eigenvalue weighted by atomic mass is 16.4. The zero-order valence-electron chi connectivity index (χ0n) is 14.5. The summed E-state index contributed by atoms with van der Waals surface area (Å²) in [5, 5.41) is 17.4. The van der Waals surface area contributed by atoms with Crippen LogP contribution >= 0.6 is 0 Å². The number of hydrogen-bond acceptors (Lipinski definition) is 3. The first-order chi connectivity index (χ1) is 12.5. The lowest BCUT2D eigenvalue weighted by atomic mass is 9.96. The second-order valence-electron chi connectivity index (χ2n) is 6.30. The summed E-state index contributed by atoms with van der Waals surface area (Å²) in [5.41, 5.74) is 6.59. The zero-order valence-corrected chi connectivity index (χ0v) is 14.5. The maximum absolute atomic E-state index is 11.6. The van der Waals surface area contributed by atoms with Gasteiger partial charge in [0.25, 0.3) is 0 Å². The molecule has 5 nitrogen and oxygen atoms in total. The monoisotopic (exact) mass is 343 g/mol. The number of hydrogen-bond donors (Lipinski definition) is 1. The number of carbonyl (C=O) groups is 1. The lowest BCUT2D eigenvalue weighted by Gasteiger charge is -2.08. The van der Waals surface area contributed by atoms with Crippen molar-refractivity contribution in [2.24, 2.45) is 7.05 Å². The van der Waals surface area contributed by atoms with E-state index >= 15 is 0 Å². The average molecular weight is 343 g/mol. The number of rotatable bonds is 3. The van der Waals surface area contributed by atoms with E-state index in [1.807, 2.05) is 30.3 Å². The molecule has 0 aliphatic heterocycles. The lowest BCUT2D eigenvalue weighted by Crippen LogP contribution is -1.99. The molecule has 1 aromatic heterocycles. The molecule has 4 aromatic rings. The Kier molecular flexibility index (Phi) is 3.77. The predicted molar refractivity (Wildman–Crippen MR) is 101 cm³/mol. The molecule has 0 saturated carbocycles. The maximum Gasteiger partial charge on any atom is 0.338 e. The molecule has 3 aromatic carbocycles. The number of nitrogens with zero attached hydrogens (tertiary/aromatic N) is 3. The van der Waals surface area contributed by atoms with Gasteiger partial charge in [-0.2, -0.15) is 0 Å². The number of aromatic nitrogens is 3. The van der Waals surface area contributed by atoms with Crippen LogP contribution < -0.4 is 0 Å². The van der Waals surface area contributed by atoms with Crippen molar-refractivity contribution in [3.05, 3.63) is 71.8 Å². The summed E-state index contributed by atoms with van der Waals surface area (Å²) in [6, 6.07) is 20.0. The average Bonchev–Trinajstić information content (AvgIpc) is 3.02. The van der Waals surface area contributed by atoms with Crippen molar-refractivity contribution in [3.63, 3.8) is 0 Å². The van der Waals surface area contributed by atoms with Gasteiger partial charge in [0.2, 0.25) is 0 Å². The van der Waals surface area contributed by atoms with Crippen LogP contribution in [0.3, 0.4) is 0 Å². The molecule has 1 N–H and O–H groups in total. The van der Waals surface area contributed by atoms with Crippen molar-refractivity contribution >= 4 is 17.0 Å². The van der Waals surface area contributed by atoms with Crippen LogP contribution in [0.2, 0.25) is 0 Å². The van der Waals surface area contributed by atoms with Gasteiger partial charge in [0.1, 0.15) is 5.52 Å². The molecule has 0 spiro atoms. The van der Waals surface area contributed by atoms with Gasteiger partial charge in [-0.25, -0.2) is 9.48 Å². The maximum atomic E-state index is 11.6. The number of benzene rings is 3. The van der Waals surface area contributed by atoms with Crippen LogP contribution in [-0.2, 0) is 7.05 Å². The first-order valence-corrected chi connectivity index (χ1v) is 8.28. The highest BCUT2D eigenvalue weighted by Gasteiger charge is 2.16. The predicted octanol–water partition coefficient (Wildman–Crippen LogP) is 4.31. The quantitative estimate of drug-likeness (QED) is 0.602. The van der Waals surface area contributed by atoms with Crippen LogP contribution in [0.15, 0.2) is 60.7 Å². The molecule has 0 fully saturated rings. The van der Waals surface area contributed by atoms with E-state index in [0.717, 1.165) is 16.7 Å². The Bertz CT molecular complexity index is 1130. The SMILES string of the molecule is Cc1ccccc1-c1ccc(-c2cc(C(=O)O)c3nnn(C)c3c2)cc1. The molecule has 1 heterocycles. The van der Waals surface area contributed by atoms with E-state index in [2.05, 4.69) is 41.5 Å². The molecule has 0 radical (unpaired) electrons. The van der Waals surface area contributed by atoms with Crippen molar-refractivity contribution in [1.29, 1.82) is 0 Å². The highest BCUT2D eigenvalue weighted by Crippen LogP contribution is 2.29. The van der Waals surface area contributed by atoms with Crippen LogP contribution in [-0.4, -0.2) is 26.1 Å². The van der Waals surface area contributed by atoms with Gasteiger partial charge in [-0.1, -0.05) is 53.7 Å². The van der Waals surface area contributed by atoms with Crippen molar-refractivity contribution in [2.75, 3.05) is 0 Å². The smallest absolute Gasteiger partial charge is 0.338 e. The van der Waals surface area contributed by atoms with E-state index in [4.69, 9.17) is 0 Å². The third-order valence-electron chi connectivity index (χ3n) is 4.62. The lowest BCUT2D eigenvalue weighted by molar-refractivity contribution is 0.0699. The molecule has 128 valence electrons. The number of carboxylic acid groups (broad SMARTS) is 1. The molecule has 0 bridgehead atoms. The van der Waals surface area contributed by atoms with Gasteiger partial charge in [0, 0.05) is 7.05 Å². The van der Waals surface area contributed by atoms with E-state index in [1.54, 1.807) is 17.8 Å². The second-order valence-corrected chi connectivity index (χ2v) is 6.30. The van der Waals surface area contributed by atoms with Crippen molar-refractivity contribution in [2.45, 2.75) is 6.92 Å². The fraction of sp³-hybridized carbons (Fsp3) is 0.0952. The summed E-state index contributed by atoms with van der Waals surface area (Å²) in [6.45, 7) is 2.09. The Morgan fingerprint density at radius 3 is 2.35 bits per heavy atom. The van der Waals surface area contributed by atoms with Gasteiger partial charge in [0.05, 0.1) is 11.1 Å². The molecule has 0 amide bonds. The van der Waals surface area contributed by atoms with E-state index in [9.17, 15) is 9.90 Å². The van der Waals surface area contributed by atoms with E-state index < -0.39 is 5.97 Å². The standard InChI is InChI=1S/C21H17N3O2/c1-13-5-3-4-6-17(13)15-9-7-14(8-10-15)16-11-18(21(25)26)20-19(12-16)24(2)23-22-20/h3-12H,1-2H3,(H,25,26). The largest absolute Gasteiger partial charge is 0.478 e. The van der Waals surface area contributed by atoms with Crippen LogP contribution in [0, 0.1) is 6.92 Å². The van der Waals surface area contributed by atoms with Gasteiger partial charge >= 0.3 is 5.97 Å². The molecule has 26 heavy (non-hydrogen) atoms. The minimum Gasteiger partial charge on any atom is -0.478 e. The zero-order chi connectivity index (χ0) is 18.3. The Labute approximate surface area is 150 Å². The summed E-state index contributed by atoms with van der Waals surface area (Å²) >= 11 is 0. The minimum atomic E-state index is -1.01. The fourth-order valence-corrected chi connectivity index (χ4v) is 3.20. The van der Waals surface area contributed by atoms with Crippen molar-refractivity contribution in [1.82, 2.24) is 15.0 Å². The molecule has 4 rings (SSSR count). The topological polar surface area (TPSA) is 68.0 Å². The summed E-state index contributed by atoms with van der Waals surface area (Å²) in [5.74, 6) is -1.01. The summed E-state index contributed by atoms with van der Waals surface area (Å²) < 4.78 is 1.59. The molecular weight excluding hydrogens is 326 g/mol. The number of carboxylic acids is 1. The third kappa shape index (κ3) is 2.63. The van der Waals surface area contributed by atoms with Crippen LogP contribution in [0.1, 0.15) is 15.9 Å². The molecule has 0 aliphatic rings. The molecule has 0 saturated heterocycles. The normalized spacial score (nSPS) is 11.0. The highest BCUT2D eigenvalue weighted by molar-refractivity contribution is 6.03. The summed E-state index contributed by atoms with van der Waals surface area (Å²) in [4.78, 5) is 11.6. The molecule has 0 unspecified atom stereocenters. The van der Waals surface area contributed by atoms with E-state index in [0.29, 0.717) is 11.0 Å². The summed E-state index contributed by atoms with van der Waals surface area (Å²) in [6.07, 6.45) is 0. The fourth-order valence-electron chi connectivity index (χ4n) is 3.20. The van der Waals surface area contributed by atoms with Crippen molar-refractivity contribution < 1.29 is 9.90 Å². The second kappa shape index (κ2) is 6.11. The van der Waals surface area contributed by atoms with E-state index in [-0.39, 0.29) is 5.56 Å². The minimum absolute atomic E-state index is 0.161. The van der Waals surface area contributed by atoms with Crippen LogP contribution in [0.25, 0.3) is 33.3 Å². The van der Waals surface area contributed by atoms with Gasteiger partial charge in [0.15, 0.2) is 0 Å². The van der Waals surface area contributed by atoms with Crippen LogP contribution in [0.5, 0.6) is 0 Å². The van der Waals surface area contributed by atoms with Crippen molar-refractivity contribution in [3.8, 4) is 22.3 Å². The Hall–Kier alpha value is -3.47. The van der Waals surface area contributed by atoms with Gasteiger partial charge in [-0.3, -0.25) is 0 Å². The summed E-state index contributed by atoms with van der Waals surface area (Å²) in [7, 11) is 1.76. The molecule has 0 atom stereocenters. The first-order valence-electron chi connectivity index (χ1n) is 8.28. The number of aryl methyl sites for hydroxylation is 2. The Morgan fingerprint density at radius 1 is 0.962 bits per heavy atom. The number of fused-ring (bicyclic) bond motifs is 1. The van der Waals surface area contributed by atoms with Gasteiger partial charge < -0.3 is 5.11 Å². The molecular formula is C21H17N3O2. The van der Waals surface area contributed by atoms with E-state index in [1.165, 1.54) is 11.1 Å². The Morgan fingerprint density at radius 2 is 1.65 bits per heavy atom. The van der Waals surface area contributed by atoms with Crippen LogP contribution in [0.4, 0.5) is 0 Å². The third-order valence-corrected chi connectivity index (χ3v) is 4.62. The Balaban J connectivity index is 1.82. The molecule has 0 aliphatic carbocycles. The van der Waals surface area contributed by atoms with Gasteiger partial charge in [-0.05, 0) is 46.9 Å². The molecule has 5 heteroatoms.